The van der Waals surface area contributed by atoms with Gasteiger partial charge in [-0.25, -0.2) is 0 Å². The molecule has 0 spiro atoms. The van der Waals surface area contributed by atoms with Gasteiger partial charge in [0.2, 0.25) is 0 Å². The van der Waals surface area contributed by atoms with Gasteiger partial charge >= 0.3 is 17.9 Å². The molecular weight excluding hydrogens is 901 g/mol. The Balaban J connectivity index is 3.99. The lowest BCUT2D eigenvalue weighted by molar-refractivity contribution is -0.167. The minimum absolute atomic E-state index is 0.0723. The molecule has 0 aliphatic heterocycles. The normalized spacial score (nSPS) is 12.4. The van der Waals surface area contributed by atoms with Crippen molar-refractivity contribution in [3.05, 3.63) is 60.8 Å². The van der Waals surface area contributed by atoms with E-state index in [0.29, 0.717) is 19.3 Å². The number of ether oxygens (including phenoxy) is 3. The summed E-state index contributed by atoms with van der Waals surface area (Å²) in [6.45, 7) is 6.51. The number of allylic oxidation sites excluding steroid dienone is 10. The summed E-state index contributed by atoms with van der Waals surface area (Å²) >= 11 is 0. The molecule has 0 aromatic rings. The Morgan fingerprint density at radius 3 is 0.849 bits per heavy atom. The Kier molecular flexibility index (Phi) is 59.2. The van der Waals surface area contributed by atoms with E-state index in [1.165, 1.54) is 199 Å². The van der Waals surface area contributed by atoms with Crippen molar-refractivity contribution in [2.45, 2.75) is 335 Å². The molecule has 0 bridgehead atoms. The third-order valence-electron chi connectivity index (χ3n) is 14.0. The van der Waals surface area contributed by atoms with E-state index in [1.54, 1.807) is 0 Å². The summed E-state index contributed by atoms with van der Waals surface area (Å²) in [6, 6.07) is 0. The monoisotopic (exact) mass is 1020 g/mol. The van der Waals surface area contributed by atoms with Crippen LogP contribution in [-0.4, -0.2) is 37.2 Å². The first kappa shape index (κ1) is 70.1. The van der Waals surface area contributed by atoms with Gasteiger partial charge < -0.3 is 14.2 Å². The van der Waals surface area contributed by atoms with E-state index in [1.807, 2.05) is 0 Å². The van der Waals surface area contributed by atoms with Gasteiger partial charge in [-0.1, -0.05) is 287 Å². The molecule has 0 N–H and O–H groups in total. The predicted molar refractivity (Wildman–Crippen MR) is 316 cm³/mol. The lowest BCUT2D eigenvalue weighted by Crippen LogP contribution is -2.30. The molecule has 0 aromatic carbocycles. The van der Waals surface area contributed by atoms with Gasteiger partial charge in [-0.15, -0.1) is 0 Å². The fourth-order valence-corrected chi connectivity index (χ4v) is 9.25. The van der Waals surface area contributed by atoms with Crippen LogP contribution in [0.1, 0.15) is 329 Å². The van der Waals surface area contributed by atoms with E-state index in [-0.39, 0.29) is 31.1 Å². The third kappa shape index (κ3) is 59.9. The third-order valence-corrected chi connectivity index (χ3v) is 14.0. The molecule has 6 nitrogen and oxygen atoms in total. The summed E-state index contributed by atoms with van der Waals surface area (Å²) in [4.78, 5) is 38.0. The van der Waals surface area contributed by atoms with Crippen molar-refractivity contribution in [3.63, 3.8) is 0 Å². The highest BCUT2D eigenvalue weighted by molar-refractivity contribution is 5.71. The van der Waals surface area contributed by atoms with E-state index in [0.717, 1.165) is 89.9 Å². The van der Waals surface area contributed by atoms with Crippen LogP contribution in [0.3, 0.4) is 0 Å². The van der Waals surface area contributed by atoms with Crippen LogP contribution in [0.2, 0.25) is 0 Å². The zero-order valence-corrected chi connectivity index (χ0v) is 48.7. The van der Waals surface area contributed by atoms with Crippen molar-refractivity contribution in [2.75, 3.05) is 13.2 Å². The first-order valence-electron chi connectivity index (χ1n) is 31.8. The van der Waals surface area contributed by atoms with Gasteiger partial charge in [0.05, 0.1) is 0 Å². The minimum Gasteiger partial charge on any atom is -0.462 e. The highest BCUT2D eigenvalue weighted by Crippen LogP contribution is 2.17. The van der Waals surface area contributed by atoms with Gasteiger partial charge in [-0.05, 0) is 83.5 Å². The molecule has 0 saturated carbocycles. The Bertz CT molecular complexity index is 1310. The molecule has 6 heteroatoms. The predicted octanol–water partition coefficient (Wildman–Crippen LogP) is 21.6. The summed E-state index contributed by atoms with van der Waals surface area (Å²) < 4.78 is 16.8. The highest BCUT2D eigenvalue weighted by Gasteiger charge is 2.19. The molecule has 0 rings (SSSR count). The van der Waals surface area contributed by atoms with Crippen molar-refractivity contribution in [3.8, 4) is 0 Å². The standard InChI is InChI=1S/C67H120O6/c1-4-7-10-13-16-19-21-23-25-26-27-28-29-30-31-32-33-34-35-36-37-38-39-40-41-42-43-45-46-48-51-54-57-60-66(69)72-63-64(62-71-65(68)59-56-53-50-18-15-12-9-6-3)73-67(70)61-58-55-52-49-47-44-24-22-20-17-14-11-8-5-2/h7,10,16,19,22-25,27-28,64H,4-6,8-9,11-15,17-18,20-21,26,29-63H2,1-3H3/b10-7-,19-16-,24-22-,25-23-,28-27-. The number of carbonyl (C=O) groups excluding carboxylic acids is 3. The van der Waals surface area contributed by atoms with Crippen molar-refractivity contribution in [2.24, 2.45) is 0 Å². The smallest absolute Gasteiger partial charge is 0.306 e. The average Bonchev–Trinajstić information content (AvgIpc) is 3.39. The molecule has 0 radical (unpaired) electrons. The molecule has 0 aliphatic carbocycles. The highest BCUT2D eigenvalue weighted by atomic mass is 16.6. The maximum Gasteiger partial charge on any atom is 0.306 e. The number of rotatable bonds is 58. The molecule has 0 aliphatic rings. The summed E-state index contributed by atoms with van der Waals surface area (Å²) in [5.41, 5.74) is 0. The first-order chi connectivity index (χ1) is 36.0. The molecule has 73 heavy (non-hydrogen) atoms. The topological polar surface area (TPSA) is 78.9 Å². The van der Waals surface area contributed by atoms with E-state index in [9.17, 15) is 14.4 Å². The maximum atomic E-state index is 12.8. The Hall–Kier alpha value is -2.89. The molecule has 0 heterocycles. The number of hydrogen-bond acceptors (Lipinski definition) is 6. The summed E-state index contributed by atoms with van der Waals surface area (Å²) in [5, 5.41) is 0. The van der Waals surface area contributed by atoms with E-state index < -0.39 is 6.10 Å². The second-order valence-electron chi connectivity index (χ2n) is 21.3. The molecule has 0 saturated heterocycles. The van der Waals surface area contributed by atoms with Crippen molar-refractivity contribution < 1.29 is 28.6 Å². The largest absolute Gasteiger partial charge is 0.462 e. The van der Waals surface area contributed by atoms with Gasteiger partial charge in [-0.2, -0.15) is 0 Å². The zero-order chi connectivity index (χ0) is 52.9. The quantitative estimate of drug-likeness (QED) is 0.0261. The molecule has 1 unspecified atom stereocenters. The zero-order valence-electron chi connectivity index (χ0n) is 48.7. The van der Waals surface area contributed by atoms with Crippen LogP contribution in [0.25, 0.3) is 0 Å². The molecule has 0 fully saturated rings. The van der Waals surface area contributed by atoms with Crippen molar-refractivity contribution >= 4 is 17.9 Å². The second-order valence-corrected chi connectivity index (χ2v) is 21.3. The molecular formula is C67H120O6. The Morgan fingerprint density at radius 2 is 0.534 bits per heavy atom. The summed E-state index contributed by atoms with van der Waals surface area (Å²) in [5.74, 6) is -0.869. The maximum absolute atomic E-state index is 12.8. The van der Waals surface area contributed by atoms with Gasteiger partial charge in [0.1, 0.15) is 13.2 Å². The number of hydrogen-bond donors (Lipinski definition) is 0. The van der Waals surface area contributed by atoms with Crippen LogP contribution >= 0.6 is 0 Å². The van der Waals surface area contributed by atoms with Gasteiger partial charge in [0.25, 0.3) is 0 Å². The average molecular weight is 1020 g/mol. The SMILES string of the molecule is CC/C=C\C/C=C\C/C=C\C/C=C\CCCCCCCCCCCCCCCCCCCCCCC(=O)OCC(COC(=O)CCCCCCCCCC)OC(=O)CCCCCCC/C=C\CCCCCCC. The second kappa shape index (κ2) is 61.7. The van der Waals surface area contributed by atoms with Crippen molar-refractivity contribution in [1.82, 2.24) is 0 Å². The Labute approximate surface area is 453 Å². The number of carbonyl (C=O) groups is 3. The molecule has 0 aromatic heterocycles. The Morgan fingerprint density at radius 1 is 0.288 bits per heavy atom. The fourth-order valence-electron chi connectivity index (χ4n) is 9.25. The van der Waals surface area contributed by atoms with Crippen LogP contribution in [0, 0.1) is 0 Å². The van der Waals surface area contributed by atoms with Crippen molar-refractivity contribution in [1.29, 1.82) is 0 Å². The molecule has 424 valence electrons. The van der Waals surface area contributed by atoms with Crippen LogP contribution in [-0.2, 0) is 28.6 Å². The van der Waals surface area contributed by atoms with Gasteiger partial charge in [0.15, 0.2) is 6.10 Å². The van der Waals surface area contributed by atoms with Gasteiger partial charge in [0, 0.05) is 19.3 Å². The van der Waals surface area contributed by atoms with E-state index >= 15 is 0 Å². The summed E-state index contributed by atoms with van der Waals surface area (Å²) in [7, 11) is 0. The number of esters is 3. The summed E-state index contributed by atoms with van der Waals surface area (Å²) in [6.07, 6.45) is 78.3. The number of unbranched alkanes of at least 4 members (excludes halogenated alkanes) is 37. The van der Waals surface area contributed by atoms with Crippen LogP contribution in [0.15, 0.2) is 60.8 Å². The van der Waals surface area contributed by atoms with E-state index in [4.69, 9.17) is 14.2 Å². The van der Waals surface area contributed by atoms with Crippen LogP contribution in [0.5, 0.6) is 0 Å². The lowest BCUT2D eigenvalue weighted by Gasteiger charge is -2.18. The van der Waals surface area contributed by atoms with Gasteiger partial charge in [-0.3, -0.25) is 14.4 Å². The van der Waals surface area contributed by atoms with Crippen LogP contribution < -0.4 is 0 Å². The van der Waals surface area contributed by atoms with Crippen LogP contribution in [0.4, 0.5) is 0 Å². The fraction of sp³-hybridized carbons (Fsp3) is 0.806. The van der Waals surface area contributed by atoms with E-state index in [2.05, 4.69) is 81.5 Å². The lowest BCUT2D eigenvalue weighted by atomic mass is 10.0. The minimum atomic E-state index is -0.772. The first-order valence-corrected chi connectivity index (χ1v) is 31.8. The molecule has 0 amide bonds. The molecule has 1 atom stereocenters.